The summed E-state index contributed by atoms with van der Waals surface area (Å²) in [7, 11) is 0. The first kappa shape index (κ1) is 11.8. The zero-order chi connectivity index (χ0) is 11.2. The molecular weight excluding hydrogens is 331 g/mol. The normalized spacial score (nSPS) is 15.2. The van der Waals surface area contributed by atoms with E-state index >= 15 is 0 Å². The minimum absolute atomic E-state index is 0.881. The minimum atomic E-state index is 0.881. The van der Waals surface area contributed by atoms with Crippen LogP contribution in [0.3, 0.4) is 0 Å². The average Bonchev–Trinajstić information content (AvgIpc) is 2.38. The van der Waals surface area contributed by atoms with E-state index in [1.54, 1.807) is 0 Å². The first-order valence-electron chi connectivity index (χ1n) is 4.95. The van der Waals surface area contributed by atoms with Gasteiger partial charge in [-0.15, -0.1) is 11.8 Å². The molecule has 0 aliphatic carbocycles. The molecule has 1 heterocycles. The van der Waals surface area contributed by atoms with Crippen LogP contribution in [0.4, 0.5) is 0 Å². The molecule has 3 heteroatoms. The summed E-state index contributed by atoms with van der Waals surface area (Å²) in [6.07, 6.45) is 10.7. The van der Waals surface area contributed by atoms with Gasteiger partial charge in [0.15, 0.2) is 23.0 Å². The van der Waals surface area contributed by atoms with E-state index in [1.165, 1.54) is 10.5 Å². The van der Waals surface area contributed by atoms with Gasteiger partial charge in [0, 0.05) is 10.7 Å². The van der Waals surface area contributed by atoms with Crippen LogP contribution in [0.25, 0.3) is 6.08 Å². The fourth-order valence-corrected chi connectivity index (χ4v) is 2.36. The van der Waals surface area contributed by atoms with E-state index in [-0.39, 0.29) is 0 Å². The predicted octanol–water partition coefficient (Wildman–Crippen LogP) is 4.62. The summed E-state index contributed by atoms with van der Waals surface area (Å²) >= 11 is 3.74. The van der Waals surface area contributed by atoms with Crippen LogP contribution in [0.2, 0.25) is 0 Å². The lowest BCUT2D eigenvalue weighted by Gasteiger charge is -2.02. The summed E-state index contributed by atoms with van der Waals surface area (Å²) in [5.41, 5.74) is 1.19. The molecule has 1 aliphatic heterocycles. The third-order valence-corrected chi connectivity index (χ3v) is 3.63. The van der Waals surface area contributed by atoms with Crippen molar-refractivity contribution < 1.29 is 3.07 Å². The van der Waals surface area contributed by atoms with E-state index in [0.29, 0.717) is 0 Å². The molecule has 16 heavy (non-hydrogen) atoms. The van der Waals surface area contributed by atoms with Gasteiger partial charge < -0.3 is 3.07 Å². The summed E-state index contributed by atoms with van der Waals surface area (Å²) < 4.78 is 5.08. The standard InChI is InChI=1S/C13H11IOS/c14-15-12-7-4-11(5-8-12)6-9-13-3-1-2-10-16-13/h1-9H,10H2/b9-6+. The topological polar surface area (TPSA) is 9.23 Å². The minimum Gasteiger partial charge on any atom is -0.428 e. The highest BCUT2D eigenvalue weighted by Crippen LogP contribution is 2.22. The molecule has 0 fully saturated rings. The Morgan fingerprint density at radius 1 is 1.19 bits per heavy atom. The Morgan fingerprint density at radius 2 is 2.00 bits per heavy atom. The highest BCUT2D eigenvalue weighted by Gasteiger charge is 1.95. The van der Waals surface area contributed by atoms with Crippen LogP contribution in [-0.2, 0) is 0 Å². The first-order chi connectivity index (χ1) is 7.88. The molecule has 0 spiro atoms. The number of benzene rings is 1. The van der Waals surface area contributed by atoms with Gasteiger partial charge in [0.05, 0.1) is 0 Å². The third-order valence-electron chi connectivity index (χ3n) is 2.15. The lowest BCUT2D eigenvalue weighted by Crippen LogP contribution is -1.80. The molecule has 0 saturated carbocycles. The molecule has 0 aromatic heterocycles. The Morgan fingerprint density at radius 3 is 2.62 bits per heavy atom. The molecule has 1 aromatic rings. The van der Waals surface area contributed by atoms with Gasteiger partial charge in [-0.3, -0.25) is 0 Å². The summed E-state index contributed by atoms with van der Waals surface area (Å²) in [6.45, 7) is 0. The Hall–Kier alpha value is -0.680. The van der Waals surface area contributed by atoms with Gasteiger partial charge in [-0.1, -0.05) is 30.4 Å². The van der Waals surface area contributed by atoms with E-state index in [0.717, 1.165) is 11.5 Å². The highest BCUT2D eigenvalue weighted by molar-refractivity contribution is 14.1. The molecule has 0 N–H and O–H groups in total. The molecule has 0 atom stereocenters. The van der Waals surface area contributed by atoms with E-state index in [9.17, 15) is 0 Å². The Bertz CT molecular complexity index is 432. The summed E-state index contributed by atoms with van der Waals surface area (Å²) in [5, 5.41) is 0. The van der Waals surface area contributed by atoms with Crippen molar-refractivity contribution in [2.24, 2.45) is 0 Å². The molecule has 1 nitrogen and oxygen atoms in total. The number of thioether (sulfide) groups is 1. The zero-order valence-corrected chi connectivity index (χ0v) is 11.6. The SMILES string of the molecule is IOc1ccc(/C=C/C2=CC=CCS2)cc1. The van der Waals surface area contributed by atoms with Crippen LogP contribution in [0.15, 0.2) is 53.5 Å². The molecule has 0 radical (unpaired) electrons. The van der Waals surface area contributed by atoms with Gasteiger partial charge in [-0.25, -0.2) is 0 Å². The Kier molecular flexibility index (Phi) is 4.54. The van der Waals surface area contributed by atoms with E-state index in [1.807, 2.05) is 59.0 Å². The maximum Gasteiger partial charge on any atom is 0.192 e. The molecule has 2 rings (SSSR count). The predicted molar refractivity (Wildman–Crippen MR) is 79.8 cm³/mol. The Balaban J connectivity index is 2.05. The maximum atomic E-state index is 5.08. The highest BCUT2D eigenvalue weighted by atomic mass is 127. The van der Waals surface area contributed by atoms with Gasteiger partial charge in [0.2, 0.25) is 0 Å². The molecular formula is C13H11IOS. The zero-order valence-electron chi connectivity index (χ0n) is 8.60. The maximum absolute atomic E-state index is 5.08. The van der Waals surface area contributed by atoms with Crippen molar-refractivity contribution in [1.29, 1.82) is 0 Å². The van der Waals surface area contributed by atoms with Gasteiger partial charge >= 0.3 is 0 Å². The van der Waals surface area contributed by atoms with Crippen LogP contribution in [-0.4, -0.2) is 5.75 Å². The van der Waals surface area contributed by atoms with E-state index < -0.39 is 0 Å². The van der Waals surface area contributed by atoms with Crippen molar-refractivity contribution in [3.05, 3.63) is 59.0 Å². The van der Waals surface area contributed by atoms with Crippen molar-refractivity contribution in [2.75, 3.05) is 5.75 Å². The number of halogens is 1. The summed E-state index contributed by atoms with van der Waals surface area (Å²) in [5.74, 6) is 1.95. The lowest BCUT2D eigenvalue weighted by atomic mass is 10.2. The molecule has 0 saturated heterocycles. The average molecular weight is 342 g/mol. The third kappa shape index (κ3) is 3.42. The molecule has 0 amide bonds. The monoisotopic (exact) mass is 342 g/mol. The number of rotatable bonds is 3. The van der Waals surface area contributed by atoms with Gasteiger partial charge in [-0.2, -0.15) is 0 Å². The van der Waals surface area contributed by atoms with E-state index in [2.05, 4.69) is 30.4 Å². The second kappa shape index (κ2) is 6.15. The summed E-state index contributed by atoms with van der Waals surface area (Å²) in [6, 6.07) is 8.03. The Labute approximate surface area is 114 Å². The van der Waals surface area contributed by atoms with Crippen LogP contribution in [0.5, 0.6) is 5.75 Å². The number of hydrogen-bond donors (Lipinski definition) is 0. The van der Waals surface area contributed by atoms with Gasteiger partial charge in [0.1, 0.15) is 5.75 Å². The van der Waals surface area contributed by atoms with Crippen molar-refractivity contribution in [3.63, 3.8) is 0 Å². The second-order valence-corrected chi connectivity index (χ2v) is 4.82. The van der Waals surface area contributed by atoms with Crippen molar-refractivity contribution >= 4 is 40.8 Å². The molecule has 1 aliphatic rings. The van der Waals surface area contributed by atoms with E-state index in [4.69, 9.17) is 3.07 Å². The summed E-state index contributed by atoms with van der Waals surface area (Å²) in [4.78, 5) is 1.30. The van der Waals surface area contributed by atoms with Crippen LogP contribution >= 0.6 is 34.8 Å². The number of allylic oxidation sites excluding steroid dienone is 3. The van der Waals surface area contributed by atoms with Gasteiger partial charge in [0.25, 0.3) is 0 Å². The quantitative estimate of drug-likeness (QED) is 0.742. The fourth-order valence-electron chi connectivity index (χ4n) is 1.32. The van der Waals surface area contributed by atoms with Crippen molar-refractivity contribution in [1.82, 2.24) is 0 Å². The lowest BCUT2D eigenvalue weighted by molar-refractivity contribution is 0.717. The van der Waals surface area contributed by atoms with Crippen LogP contribution in [0.1, 0.15) is 5.56 Å². The second-order valence-electron chi connectivity index (χ2n) is 3.29. The number of hydrogen-bond acceptors (Lipinski definition) is 2. The largest absolute Gasteiger partial charge is 0.428 e. The molecule has 0 bridgehead atoms. The first-order valence-corrected chi connectivity index (χ1v) is 6.81. The molecule has 82 valence electrons. The van der Waals surface area contributed by atoms with Gasteiger partial charge in [-0.05, 0) is 29.8 Å². The van der Waals surface area contributed by atoms with Crippen molar-refractivity contribution in [2.45, 2.75) is 0 Å². The fraction of sp³-hybridized carbons (Fsp3) is 0.0769. The van der Waals surface area contributed by atoms with Crippen LogP contribution < -0.4 is 3.07 Å². The molecule has 0 unspecified atom stereocenters. The van der Waals surface area contributed by atoms with Crippen molar-refractivity contribution in [3.8, 4) is 5.75 Å². The smallest absolute Gasteiger partial charge is 0.192 e. The molecule has 1 aromatic carbocycles. The van der Waals surface area contributed by atoms with Crippen LogP contribution in [0, 0.1) is 0 Å².